The molecule has 0 heterocycles. The second kappa shape index (κ2) is 4.62. The highest BCUT2D eigenvalue weighted by Crippen LogP contribution is 2.17. The van der Waals surface area contributed by atoms with Gasteiger partial charge in [0.1, 0.15) is 18.1 Å². The Hall–Kier alpha value is -1.22. The van der Waals surface area contributed by atoms with Gasteiger partial charge in [-0.3, -0.25) is 0 Å². The number of ether oxygens (including phenoxy) is 2. The minimum absolute atomic E-state index is 0.511. The van der Waals surface area contributed by atoms with Gasteiger partial charge in [0, 0.05) is 12.6 Å². The van der Waals surface area contributed by atoms with Crippen LogP contribution in [0.2, 0.25) is 0 Å². The van der Waals surface area contributed by atoms with Crippen LogP contribution in [0.25, 0.3) is 0 Å². The van der Waals surface area contributed by atoms with Crippen LogP contribution in [0.4, 0.5) is 0 Å². The van der Waals surface area contributed by atoms with Crippen molar-refractivity contribution in [2.24, 2.45) is 5.73 Å². The summed E-state index contributed by atoms with van der Waals surface area (Å²) in [5, 5.41) is 0. The Balaban J connectivity index is 2.60. The molecule has 0 aliphatic carbocycles. The minimum Gasteiger partial charge on any atom is -0.497 e. The zero-order valence-electron chi connectivity index (χ0n) is 7.04. The summed E-state index contributed by atoms with van der Waals surface area (Å²) in [6, 6.07) is 8.19. The molecule has 1 aromatic rings. The molecule has 0 saturated heterocycles. The molecule has 0 spiro atoms. The molecule has 1 radical (unpaired) electrons. The molecule has 0 atom stereocenters. The zero-order valence-corrected chi connectivity index (χ0v) is 7.04. The molecule has 12 heavy (non-hydrogen) atoms. The van der Waals surface area contributed by atoms with Gasteiger partial charge >= 0.3 is 0 Å². The van der Waals surface area contributed by atoms with E-state index in [2.05, 4.69) is 6.07 Å². The van der Waals surface area contributed by atoms with Crippen LogP contribution in [0, 0.1) is 6.07 Å². The van der Waals surface area contributed by atoms with E-state index < -0.39 is 0 Å². The van der Waals surface area contributed by atoms with Crippen molar-refractivity contribution in [2.75, 3.05) is 20.3 Å². The summed E-state index contributed by atoms with van der Waals surface area (Å²) in [4.78, 5) is 0. The van der Waals surface area contributed by atoms with Gasteiger partial charge in [-0.15, -0.1) is 0 Å². The van der Waals surface area contributed by atoms with Gasteiger partial charge in [-0.05, 0) is 18.2 Å². The van der Waals surface area contributed by atoms with Gasteiger partial charge in [-0.25, -0.2) is 0 Å². The number of hydrogen-bond acceptors (Lipinski definition) is 3. The molecule has 0 unspecified atom stereocenters. The Labute approximate surface area is 72.1 Å². The van der Waals surface area contributed by atoms with Gasteiger partial charge in [-0.1, -0.05) is 0 Å². The molecule has 3 nitrogen and oxygen atoms in total. The fraction of sp³-hybridized carbons (Fsp3) is 0.333. The maximum Gasteiger partial charge on any atom is 0.123 e. The molecule has 0 saturated carbocycles. The number of benzene rings is 1. The maximum absolute atomic E-state index is 5.28. The lowest BCUT2D eigenvalue weighted by Crippen LogP contribution is -2.10. The Morgan fingerprint density at radius 2 is 2.17 bits per heavy atom. The monoisotopic (exact) mass is 166 g/mol. The Kier molecular flexibility index (Phi) is 3.41. The molecule has 0 fully saturated rings. The first-order chi connectivity index (χ1) is 5.86. The van der Waals surface area contributed by atoms with Crippen molar-refractivity contribution in [1.82, 2.24) is 0 Å². The molecule has 2 N–H and O–H groups in total. The molecule has 0 bridgehead atoms. The Morgan fingerprint density at radius 3 is 2.83 bits per heavy atom. The first-order valence-electron chi connectivity index (χ1n) is 3.75. The Morgan fingerprint density at radius 1 is 1.42 bits per heavy atom. The van der Waals surface area contributed by atoms with E-state index in [1.165, 1.54) is 0 Å². The second-order valence-electron chi connectivity index (χ2n) is 2.25. The standard InChI is InChI=1S/C9H12NO2/c1-11-8-3-2-4-9(7-8)12-6-5-10/h3-4,7H,5-6,10H2,1H3. The van der Waals surface area contributed by atoms with Gasteiger partial charge in [0.05, 0.1) is 7.11 Å². The van der Waals surface area contributed by atoms with Crippen molar-refractivity contribution in [3.63, 3.8) is 0 Å². The summed E-state index contributed by atoms with van der Waals surface area (Å²) < 4.78 is 10.3. The van der Waals surface area contributed by atoms with Gasteiger partial charge in [0.2, 0.25) is 0 Å². The van der Waals surface area contributed by atoms with E-state index in [0.29, 0.717) is 13.2 Å². The van der Waals surface area contributed by atoms with E-state index in [4.69, 9.17) is 15.2 Å². The highest BCUT2D eigenvalue weighted by molar-refractivity contribution is 5.31. The van der Waals surface area contributed by atoms with Gasteiger partial charge in [-0.2, -0.15) is 0 Å². The zero-order chi connectivity index (χ0) is 8.81. The lowest BCUT2D eigenvalue weighted by molar-refractivity contribution is 0.325. The third kappa shape index (κ3) is 2.43. The summed E-state index contributed by atoms with van der Waals surface area (Å²) in [5.74, 6) is 1.48. The van der Waals surface area contributed by atoms with Crippen molar-refractivity contribution >= 4 is 0 Å². The number of methoxy groups -OCH3 is 1. The predicted octanol–water partition coefficient (Wildman–Crippen LogP) is 0.833. The van der Waals surface area contributed by atoms with Gasteiger partial charge in [0.15, 0.2) is 0 Å². The van der Waals surface area contributed by atoms with Crippen molar-refractivity contribution < 1.29 is 9.47 Å². The second-order valence-corrected chi connectivity index (χ2v) is 2.25. The third-order valence-corrected chi connectivity index (χ3v) is 1.36. The van der Waals surface area contributed by atoms with Gasteiger partial charge < -0.3 is 15.2 Å². The van der Waals surface area contributed by atoms with E-state index in [-0.39, 0.29) is 0 Å². The van der Waals surface area contributed by atoms with E-state index in [1.807, 2.05) is 0 Å². The maximum atomic E-state index is 5.28. The highest BCUT2D eigenvalue weighted by atomic mass is 16.5. The molecule has 1 aromatic carbocycles. The van der Waals surface area contributed by atoms with Crippen molar-refractivity contribution in [2.45, 2.75) is 0 Å². The minimum atomic E-state index is 0.511. The summed E-state index contributed by atoms with van der Waals surface area (Å²) in [7, 11) is 1.61. The van der Waals surface area contributed by atoms with Crippen LogP contribution in [-0.4, -0.2) is 20.3 Å². The molecule has 0 aliphatic heterocycles. The van der Waals surface area contributed by atoms with Crippen LogP contribution in [0.3, 0.4) is 0 Å². The number of nitrogens with two attached hydrogens (primary N) is 1. The Bertz CT molecular complexity index is 238. The molecule has 0 aliphatic rings. The lowest BCUT2D eigenvalue weighted by Gasteiger charge is -2.05. The van der Waals surface area contributed by atoms with E-state index in [1.54, 1.807) is 25.3 Å². The molecule has 65 valence electrons. The fourth-order valence-electron chi connectivity index (χ4n) is 0.807. The van der Waals surface area contributed by atoms with Crippen LogP contribution >= 0.6 is 0 Å². The molecular weight excluding hydrogens is 154 g/mol. The van der Waals surface area contributed by atoms with Crippen LogP contribution in [-0.2, 0) is 0 Å². The predicted molar refractivity (Wildman–Crippen MR) is 46.4 cm³/mol. The normalized spacial score (nSPS) is 9.50. The first kappa shape index (κ1) is 8.87. The number of rotatable bonds is 4. The van der Waals surface area contributed by atoms with Crippen LogP contribution in [0.1, 0.15) is 0 Å². The van der Waals surface area contributed by atoms with Gasteiger partial charge in [0.25, 0.3) is 0 Å². The van der Waals surface area contributed by atoms with Crippen molar-refractivity contribution in [1.29, 1.82) is 0 Å². The molecule has 3 heteroatoms. The number of hydrogen-bond donors (Lipinski definition) is 1. The average Bonchev–Trinajstić information content (AvgIpc) is 2.15. The van der Waals surface area contributed by atoms with Crippen LogP contribution in [0.15, 0.2) is 18.2 Å². The van der Waals surface area contributed by atoms with Crippen LogP contribution < -0.4 is 15.2 Å². The van der Waals surface area contributed by atoms with Crippen molar-refractivity contribution in [3.05, 3.63) is 24.3 Å². The molecule has 1 rings (SSSR count). The summed E-state index contributed by atoms with van der Waals surface area (Å²) in [5.41, 5.74) is 5.28. The first-order valence-corrected chi connectivity index (χ1v) is 3.75. The average molecular weight is 166 g/mol. The summed E-state index contributed by atoms with van der Waals surface area (Å²) >= 11 is 0. The van der Waals surface area contributed by atoms with Crippen molar-refractivity contribution in [3.8, 4) is 11.5 Å². The third-order valence-electron chi connectivity index (χ3n) is 1.36. The SMILES string of the molecule is COc1c[c]cc(OCCN)c1. The topological polar surface area (TPSA) is 44.5 Å². The van der Waals surface area contributed by atoms with E-state index in [0.717, 1.165) is 11.5 Å². The largest absolute Gasteiger partial charge is 0.497 e. The summed E-state index contributed by atoms with van der Waals surface area (Å²) in [6.45, 7) is 1.03. The molecular formula is C9H12NO2. The van der Waals surface area contributed by atoms with Crippen LogP contribution in [0.5, 0.6) is 11.5 Å². The molecule has 0 aromatic heterocycles. The summed E-state index contributed by atoms with van der Waals surface area (Å²) in [6.07, 6.45) is 0. The lowest BCUT2D eigenvalue weighted by atomic mass is 10.3. The highest BCUT2D eigenvalue weighted by Gasteiger charge is 1.94. The van der Waals surface area contributed by atoms with E-state index >= 15 is 0 Å². The van der Waals surface area contributed by atoms with E-state index in [9.17, 15) is 0 Å². The quantitative estimate of drug-likeness (QED) is 0.720. The smallest absolute Gasteiger partial charge is 0.123 e. The fourth-order valence-corrected chi connectivity index (χ4v) is 0.807. The molecule has 0 amide bonds.